The summed E-state index contributed by atoms with van der Waals surface area (Å²) < 4.78 is 5.65. The van der Waals surface area contributed by atoms with Crippen molar-refractivity contribution in [3.05, 3.63) is 52.0 Å². The first-order valence-corrected chi connectivity index (χ1v) is 11.2. The van der Waals surface area contributed by atoms with Crippen LogP contribution in [0.3, 0.4) is 0 Å². The van der Waals surface area contributed by atoms with Gasteiger partial charge in [-0.3, -0.25) is 19.5 Å². The fourth-order valence-electron chi connectivity index (χ4n) is 4.14. The number of hydrogen-bond acceptors (Lipinski definition) is 6. The smallest absolute Gasteiger partial charge is 0.324 e. The standard InChI is InChI=1S/C22H27N3O3S/c1-16(21(26)25-12-8-20-17(14-25)9-13-29-20)28-22(27)19-7-3-5-11-24(19)15-18-6-2-4-10-23-18/h2,4,6,9-10,13,16,19H,3,5,7-8,11-12,14-15H2,1H3/t16-,19-/m1/s1. The lowest BCUT2D eigenvalue weighted by Gasteiger charge is -2.35. The number of carbonyl (C=O) groups is 2. The van der Waals surface area contributed by atoms with Crippen molar-refractivity contribution in [1.29, 1.82) is 0 Å². The number of piperidine rings is 1. The number of esters is 1. The third-order valence-electron chi connectivity index (χ3n) is 5.74. The van der Waals surface area contributed by atoms with Crippen LogP contribution in [-0.2, 0) is 33.8 Å². The predicted octanol–water partition coefficient (Wildman–Crippen LogP) is 3.01. The average Bonchev–Trinajstić information content (AvgIpc) is 3.22. The van der Waals surface area contributed by atoms with Crippen molar-refractivity contribution in [3.63, 3.8) is 0 Å². The first-order chi connectivity index (χ1) is 14.1. The van der Waals surface area contributed by atoms with Gasteiger partial charge in [-0.1, -0.05) is 12.5 Å². The van der Waals surface area contributed by atoms with Gasteiger partial charge in [-0.2, -0.15) is 0 Å². The number of carbonyl (C=O) groups excluding carboxylic acids is 2. The van der Waals surface area contributed by atoms with Crippen LogP contribution in [0.25, 0.3) is 0 Å². The Morgan fingerprint density at radius 1 is 1.28 bits per heavy atom. The van der Waals surface area contributed by atoms with Crippen molar-refractivity contribution < 1.29 is 14.3 Å². The molecule has 2 atom stereocenters. The molecule has 1 saturated heterocycles. The molecule has 2 aromatic heterocycles. The number of rotatable bonds is 5. The van der Waals surface area contributed by atoms with Gasteiger partial charge < -0.3 is 9.64 Å². The number of thiophene rings is 1. The Balaban J connectivity index is 1.36. The molecular formula is C22H27N3O3S. The molecule has 154 valence electrons. The van der Waals surface area contributed by atoms with Crippen molar-refractivity contribution in [2.24, 2.45) is 0 Å². The first kappa shape index (κ1) is 20.0. The predicted molar refractivity (Wildman–Crippen MR) is 111 cm³/mol. The first-order valence-electron chi connectivity index (χ1n) is 10.3. The molecule has 0 radical (unpaired) electrons. The fraction of sp³-hybridized carbons (Fsp3) is 0.500. The molecule has 2 aromatic rings. The van der Waals surface area contributed by atoms with E-state index in [1.54, 1.807) is 29.4 Å². The van der Waals surface area contributed by atoms with E-state index in [1.165, 1.54) is 10.4 Å². The number of likely N-dealkylation sites (tertiary alicyclic amines) is 1. The molecule has 6 nitrogen and oxygen atoms in total. The highest BCUT2D eigenvalue weighted by atomic mass is 32.1. The lowest BCUT2D eigenvalue weighted by molar-refractivity contribution is -0.165. The minimum absolute atomic E-state index is 0.109. The number of aromatic nitrogens is 1. The highest BCUT2D eigenvalue weighted by Crippen LogP contribution is 2.25. The Morgan fingerprint density at radius 3 is 3.00 bits per heavy atom. The van der Waals surface area contributed by atoms with Crippen molar-refractivity contribution in [3.8, 4) is 0 Å². The Kier molecular flexibility index (Phi) is 6.25. The normalized spacial score (nSPS) is 20.7. The second kappa shape index (κ2) is 9.05. The quantitative estimate of drug-likeness (QED) is 0.705. The SMILES string of the molecule is C[C@@H](OC(=O)[C@H]1CCCCN1Cc1ccccn1)C(=O)N1CCc2sccc2C1. The molecule has 4 heterocycles. The topological polar surface area (TPSA) is 62.7 Å². The number of pyridine rings is 1. The highest BCUT2D eigenvalue weighted by Gasteiger charge is 2.34. The highest BCUT2D eigenvalue weighted by molar-refractivity contribution is 7.10. The van der Waals surface area contributed by atoms with Crippen LogP contribution in [0.4, 0.5) is 0 Å². The van der Waals surface area contributed by atoms with Crippen LogP contribution in [-0.4, -0.2) is 51.9 Å². The van der Waals surface area contributed by atoms with Gasteiger partial charge in [0.25, 0.3) is 5.91 Å². The lowest BCUT2D eigenvalue weighted by atomic mass is 10.0. The Bertz CT molecular complexity index is 854. The molecule has 0 bridgehead atoms. The molecule has 29 heavy (non-hydrogen) atoms. The zero-order valence-corrected chi connectivity index (χ0v) is 17.6. The van der Waals surface area contributed by atoms with Crippen LogP contribution < -0.4 is 0 Å². The minimum Gasteiger partial charge on any atom is -0.451 e. The molecule has 7 heteroatoms. The summed E-state index contributed by atoms with van der Waals surface area (Å²) in [5.74, 6) is -0.406. The van der Waals surface area contributed by atoms with E-state index < -0.39 is 6.10 Å². The zero-order valence-electron chi connectivity index (χ0n) is 16.8. The monoisotopic (exact) mass is 413 g/mol. The van der Waals surface area contributed by atoms with E-state index >= 15 is 0 Å². The Morgan fingerprint density at radius 2 is 2.17 bits per heavy atom. The summed E-state index contributed by atoms with van der Waals surface area (Å²) in [5.41, 5.74) is 2.15. The number of fused-ring (bicyclic) bond motifs is 1. The maximum atomic E-state index is 12.9. The van der Waals surface area contributed by atoms with Crippen molar-refractivity contribution in [2.45, 2.75) is 57.8 Å². The molecule has 4 rings (SSSR count). The van der Waals surface area contributed by atoms with E-state index in [0.29, 0.717) is 19.6 Å². The molecule has 0 unspecified atom stereocenters. The van der Waals surface area contributed by atoms with Crippen molar-refractivity contribution in [1.82, 2.24) is 14.8 Å². The van der Waals surface area contributed by atoms with E-state index in [1.807, 2.05) is 18.2 Å². The number of amides is 1. The molecule has 2 aliphatic heterocycles. The van der Waals surface area contributed by atoms with Gasteiger partial charge in [-0.05, 0) is 61.9 Å². The number of nitrogens with zero attached hydrogens (tertiary/aromatic N) is 3. The molecule has 0 spiro atoms. The van der Waals surface area contributed by atoms with E-state index in [-0.39, 0.29) is 17.9 Å². The van der Waals surface area contributed by atoms with Crippen LogP contribution >= 0.6 is 11.3 Å². The summed E-state index contributed by atoms with van der Waals surface area (Å²) in [4.78, 5) is 35.4. The third kappa shape index (κ3) is 4.67. The third-order valence-corrected chi connectivity index (χ3v) is 6.76. The molecule has 1 amide bonds. The van der Waals surface area contributed by atoms with Crippen LogP contribution in [0.15, 0.2) is 35.8 Å². The van der Waals surface area contributed by atoms with Gasteiger partial charge in [0.1, 0.15) is 6.04 Å². The second-order valence-corrected chi connectivity index (χ2v) is 8.76. The molecular weight excluding hydrogens is 386 g/mol. The number of hydrogen-bond donors (Lipinski definition) is 0. The van der Waals surface area contributed by atoms with E-state index in [0.717, 1.165) is 37.9 Å². The summed E-state index contributed by atoms with van der Waals surface area (Å²) >= 11 is 1.74. The molecule has 2 aliphatic rings. The molecule has 1 fully saturated rings. The van der Waals surface area contributed by atoms with Crippen LogP contribution in [0.2, 0.25) is 0 Å². The van der Waals surface area contributed by atoms with Crippen LogP contribution in [0, 0.1) is 0 Å². The zero-order chi connectivity index (χ0) is 20.2. The lowest BCUT2D eigenvalue weighted by Crippen LogP contribution is -2.48. The van der Waals surface area contributed by atoms with E-state index in [2.05, 4.69) is 21.3 Å². The molecule has 0 aliphatic carbocycles. The van der Waals surface area contributed by atoms with Gasteiger partial charge in [0, 0.05) is 30.7 Å². The molecule has 0 saturated carbocycles. The maximum absolute atomic E-state index is 12.9. The van der Waals surface area contributed by atoms with Gasteiger partial charge >= 0.3 is 5.97 Å². The van der Waals surface area contributed by atoms with Crippen molar-refractivity contribution in [2.75, 3.05) is 13.1 Å². The largest absolute Gasteiger partial charge is 0.451 e. The second-order valence-electron chi connectivity index (χ2n) is 7.76. The van der Waals surface area contributed by atoms with Gasteiger partial charge in [0.15, 0.2) is 6.10 Å². The van der Waals surface area contributed by atoms with Crippen LogP contribution in [0.5, 0.6) is 0 Å². The molecule has 0 aromatic carbocycles. The maximum Gasteiger partial charge on any atom is 0.324 e. The summed E-state index contributed by atoms with van der Waals surface area (Å²) in [6, 6.07) is 7.58. The van der Waals surface area contributed by atoms with E-state index in [4.69, 9.17) is 4.74 Å². The van der Waals surface area contributed by atoms with Gasteiger partial charge in [-0.25, -0.2) is 0 Å². The number of ether oxygens (including phenoxy) is 1. The Hall–Kier alpha value is -2.25. The minimum atomic E-state index is -0.763. The van der Waals surface area contributed by atoms with Gasteiger partial charge in [0.05, 0.1) is 5.69 Å². The Labute approximate surface area is 175 Å². The fourth-order valence-corrected chi connectivity index (χ4v) is 5.03. The van der Waals surface area contributed by atoms with Gasteiger partial charge in [0.2, 0.25) is 0 Å². The average molecular weight is 414 g/mol. The van der Waals surface area contributed by atoms with E-state index in [9.17, 15) is 9.59 Å². The summed E-state index contributed by atoms with van der Waals surface area (Å²) in [5, 5.41) is 2.07. The summed E-state index contributed by atoms with van der Waals surface area (Å²) in [6.07, 6.45) is 4.69. The summed E-state index contributed by atoms with van der Waals surface area (Å²) in [7, 11) is 0. The van der Waals surface area contributed by atoms with Crippen molar-refractivity contribution >= 4 is 23.2 Å². The van der Waals surface area contributed by atoms with Gasteiger partial charge in [-0.15, -0.1) is 11.3 Å². The van der Waals surface area contributed by atoms with Crippen LogP contribution in [0.1, 0.15) is 42.3 Å². The summed E-state index contributed by atoms with van der Waals surface area (Å²) in [6.45, 7) is 4.44. The molecule has 0 N–H and O–H groups in total.